The monoisotopic (exact) mass is 126 g/mol. The predicted molar refractivity (Wildman–Crippen MR) is 37.4 cm³/mol. The molecular weight excluding hydrogens is 112 g/mol. The summed E-state index contributed by atoms with van der Waals surface area (Å²) in [4.78, 5) is 0. The molecule has 2 atom stereocenters. The summed E-state index contributed by atoms with van der Waals surface area (Å²) in [6, 6.07) is 1.65. The molecule has 1 aliphatic heterocycles. The summed E-state index contributed by atoms with van der Waals surface area (Å²) in [7, 11) is 0. The van der Waals surface area contributed by atoms with E-state index < -0.39 is 0 Å². The van der Waals surface area contributed by atoms with E-state index in [2.05, 4.69) is 17.6 Å². The average molecular weight is 126 g/mol. The van der Waals surface area contributed by atoms with Gasteiger partial charge in [0.15, 0.2) is 0 Å². The molecule has 1 saturated carbocycles. The molecule has 2 N–H and O–H groups in total. The van der Waals surface area contributed by atoms with Gasteiger partial charge in [-0.25, -0.2) is 0 Å². The molecule has 0 spiro atoms. The van der Waals surface area contributed by atoms with E-state index in [1.54, 1.807) is 0 Å². The second-order valence-electron chi connectivity index (χ2n) is 3.34. The van der Waals surface area contributed by atoms with Gasteiger partial charge in [0, 0.05) is 25.2 Å². The first kappa shape index (κ1) is 5.69. The van der Waals surface area contributed by atoms with Gasteiger partial charge in [-0.1, -0.05) is 6.92 Å². The van der Waals surface area contributed by atoms with Crippen LogP contribution in [0.5, 0.6) is 0 Å². The van der Waals surface area contributed by atoms with Crippen LogP contribution in [-0.2, 0) is 0 Å². The molecule has 0 aromatic heterocycles. The smallest absolute Gasteiger partial charge is 0.0320 e. The van der Waals surface area contributed by atoms with Crippen LogP contribution in [0.3, 0.4) is 0 Å². The van der Waals surface area contributed by atoms with Crippen molar-refractivity contribution >= 4 is 0 Å². The second kappa shape index (κ2) is 1.96. The zero-order valence-corrected chi connectivity index (χ0v) is 5.85. The van der Waals surface area contributed by atoms with Gasteiger partial charge in [-0.3, -0.25) is 0 Å². The van der Waals surface area contributed by atoms with Crippen molar-refractivity contribution in [3.63, 3.8) is 0 Å². The van der Waals surface area contributed by atoms with Gasteiger partial charge in [0.2, 0.25) is 0 Å². The van der Waals surface area contributed by atoms with Gasteiger partial charge in [0.05, 0.1) is 0 Å². The van der Waals surface area contributed by atoms with Crippen molar-refractivity contribution in [2.45, 2.75) is 25.4 Å². The molecule has 1 saturated heterocycles. The average Bonchev–Trinajstić information content (AvgIpc) is 2.36. The third-order valence-corrected chi connectivity index (χ3v) is 2.34. The van der Waals surface area contributed by atoms with Crippen LogP contribution in [0, 0.1) is 5.92 Å². The highest BCUT2D eigenvalue weighted by Crippen LogP contribution is 2.29. The van der Waals surface area contributed by atoms with E-state index >= 15 is 0 Å². The third kappa shape index (κ3) is 1.10. The molecule has 0 aromatic rings. The van der Waals surface area contributed by atoms with Crippen molar-refractivity contribution in [2.75, 3.05) is 13.1 Å². The minimum absolute atomic E-state index is 0.792. The highest BCUT2D eigenvalue weighted by Gasteiger charge is 2.35. The SMILES string of the molecule is CC1CC1NC1CNC1. The fourth-order valence-electron chi connectivity index (χ4n) is 1.26. The van der Waals surface area contributed by atoms with Crippen molar-refractivity contribution in [3.05, 3.63) is 0 Å². The minimum atomic E-state index is 0.792. The van der Waals surface area contributed by atoms with E-state index in [-0.39, 0.29) is 0 Å². The van der Waals surface area contributed by atoms with Gasteiger partial charge >= 0.3 is 0 Å². The van der Waals surface area contributed by atoms with Crippen molar-refractivity contribution in [3.8, 4) is 0 Å². The van der Waals surface area contributed by atoms with Crippen LogP contribution in [0.4, 0.5) is 0 Å². The maximum absolute atomic E-state index is 3.58. The highest BCUT2D eigenvalue weighted by atomic mass is 15.1. The number of rotatable bonds is 2. The van der Waals surface area contributed by atoms with Crippen LogP contribution in [0.1, 0.15) is 13.3 Å². The molecule has 2 nitrogen and oxygen atoms in total. The lowest BCUT2D eigenvalue weighted by atomic mass is 10.2. The summed E-state index contributed by atoms with van der Waals surface area (Å²) in [5.74, 6) is 0.950. The summed E-state index contributed by atoms with van der Waals surface area (Å²) >= 11 is 0. The lowest BCUT2D eigenvalue weighted by molar-refractivity contribution is 0.359. The lowest BCUT2D eigenvalue weighted by Crippen LogP contribution is -2.56. The van der Waals surface area contributed by atoms with Crippen LogP contribution in [0.25, 0.3) is 0 Å². The molecule has 52 valence electrons. The Kier molecular flexibility index (Phi) is 1.24. The summed E-state index contributed by atoms with van der Waals surface area (Å²) in [5, 5.41) is 6.82. The summed E-state index contributed by atoms with van der Waals surface area (Å²) in [5.41, 5.74) is 0. The van der Waals surface area contributed by atoms with E-state index in [0.717, 1.165) is 18.0 Å². The van der Waals surface area contributed by atoms with E-state index in [9.17, 15) is 0 Å². The largest absolute Gasteiger partial charge is 0.314 e. The number of nitrogens with one attached hydrogen (secondary N) is 2. The first-order chi connectivity index (χ1) is 4.36. The minimum Gasteiger partial charge on any atom is -0.314 e. The fraction of sp³-hybridized carbons (Fsp3) is 1.00. The van der Waals surface area contributed by atoms with Crippen molar-refractivity contribution in [2.24, 2.45) is 5.92 Å². The molecule has 2 fully saturated rings. The zero-order chi connectivity index (χ0) is 6.27. The Balaban J connectivity index is 1.66. The van der Waals surface area contributed by atoms with Crippen LogP contribution < -0.4 is 10.6 Å². The quantitative estimate of drug-likeness (QED) is 0.542. The number of hydrogen-bond acceptors (Lipinski definition) is 2. The molecule has 2 aliphatic rings. The summed E-state index contributed by atoms with van der Waals surface area (Å²) in [6.45, 7) is 4.68. The zero-order valence-electron chi connectivity index (χ0n) is 5.85. The molecule has 2 heteroatoms. The van der Waals surface area contributed by atoms with Gasteiger partial charge in [0.1, 0.15) is 0 Å². The van der Waals surface area contributed by atoms with Crippen LogP contribution in [0.2, 0.25) is 0 Å². The Hall–Kier alpha value is -0.0800. The van der Waals surface area contributed by atoms with E-state index in [0.29, 0.717) is 0 Å². The molecule has 1 aliphatic carbocycles. The molecule has 0 bridgehead atoms. The normalized spacial score (nSPS) is 42.3. The molecule has 0 aromatic carbocycles. The lowest BCUT2D eigenvalue weighted by Gasteiger charge is -2.28. The third-order valence-electron chi connectivity index (χ3n) is 2.34. The van der Waals surface area contributed by atoms with Crippen molar-refractivity contribution < 1.29 is 0 Å². The second-order valence-corrected chi connectivity index (χ2v) is 3.34. The van der Waals surface area contributed by atoms with Crippen LogP contribution in [0.15, 0.2) is 0 Å². The Labute approximate surface area is 56.0 Å². The molecule has 0 radical (unpaired) electrons. The Morgan fingerprint density at radius 2 is 2.11 bits per heavy atom. The Bertz CT molecular complexity index is 107. The molecule has 9 heavy (non-hydrogen) atoms. The fourth-order valence-corrected chi connectivity index (χ4v) is 1.26. The van der Waals surface area contributed by atoms with E-state index in [1.165, 1.54) is 19.5 Å². The Morgan fingerprint density at radius 3 is 2.44 bits per heavy atom. The maximum atomic E-state index is 3.58. The number of hydrogen-bond donors (Lipinski definition) is 2. The van der Waals surface area contributed by atoms with Gasteiger partial charge in [-0.05, 0) is 12.3 Å². The van der Waals surface area contributed by atoms with Gasteiger partial charge < -0.3 is 10.6 Å². The first-order valence-electron chi connectivity index (χ1n) is 3.83. The van der Waals surface area contributed by atoms with Crippen LogP contribution in [-0.4, -0.2) is 25.2 Å². The van der Waals surface area contributed by atoms with Crippen LogP contribution >= 0.6 is 0 Å². The van der Waals surface area contributed by atoms with Gasteiger partial charge in [0.25, 0.3) is 0 Å². The molecule has 1 heterocycles. The van der Waals surface area contributed by atoms with E-state index in [1.807, 2.05) is 0 Å². The first-order valence-corrected chi connectivity index (χ1v) is 3.83. The predicted octanol–water partition coefficient (Wildman–Crippen LogP) is -0.0438. The summed E-state index contributed by atoms with van der Waals surface area (Å²) in [6.07, 6.45) is 1.40. The summed E-state index contributed by atoms with van der Waals surface area (Å²) < 4.78 is 0. The topological polar surface area (TPSA) is 24.1 Å². The van der Waals surface area contributed by atoms with E-state index in [4.69, 9.17) is 0 Å². The Morgan fingerprint density at radius 1 is 1.44 bits per heavy atom. The van der Waals surface area contributed by atoms with Crippen molar-refractivity contribution in [1.82, 2.24) is 10.6 Å². The molecule has 2 rings (SSSR count). The van der Waals surface area contributed by atoms with Gasteiger partial charge in [-0.2, -0.15) is 0 Å². The molecule has 2 unspecified atom stereocenters. The highest BCUT2D eigenvalue weighted by molar-refractivity contribution is 4.95. The van der Waals surface area contributed by atoms with Gasteiger partial charge in [-0.15, -0.1) is 0 Å². The molecular formula is C7H14N2. The standard InChI is InChI=1S/C7H14N2/c1-5-2-7(5)9-6-3-8-4-6/h5-9H,2-4H2,1H3. The van der Waals surface area contributed by atoms with Crippen molar-refractivity contribution in [1.29, 1.82) is 0 Å². The maximum Gasteiger partial charge on any atom is 0.0320 e. The molecule has 0 amide bonds.